The van der Waals surface area contributed by atoms with E-state index >= 15 is 0 Å². The van der Waals surface area contributed by atoms with E-state index in [0.29, 0.717) is 24.0 Å². The number of hydrogen-bond acceptors (Lipinski definition) is 4. The third-order valence-corrected chi connectivity index (χ3v) is 5.51. The van der Waals surface area contributed by atoms with Crippen LogP contribution in [0.15, 0.2) is 78.9 Å². The Balaban J connectivity index is 1.67. The summed E-state index contributed by atoms with van der Waals surface area (Å²) in [5.41, 5.74) is 2.54. The number of ether oxygens (including phenoxy) is 1. The monoisotopic (exact) mass is 430 g/mol. The number of hydrogen-bond donors (Lipinski definition) is 1. The number of ketones is 1. The minimum absolute atomic E-state index is 0.00192. The molecule has 0 fully saturated rings. The highest BCUT2D eigenvalue weighted by Gasteiger charge is 2.19. The molecule has 0 heterocycles. The van der Waals surface area contributed by atoms with Gasteiger partial charge in [-0.1, -0.05) is 80.4 Å². The van der Waals surface area contributed by atoms with Crippen molar-refractivity contribution in [2.75, 3.05) is 0 Å². The van der Waals surface area contributed by atoms with E-state index in [1.807, 2.05) is 54.6 Å². The summed E-state index contributed by atoms with van der Waals surface area (Å²) in [5, 5.41) is 9.96. The number of esters is 1. The Morgan fingerprint density at radius 2 is 1.56 bits per heavy atom. The van der Waals surface area contributed by atoms with E-state index in [-0.39, 0.29) is 23.2 Å². The Kier molecular flexibility index (Phi) is 8.61. The lowest BCUT2D eigenvalue weighted by molar-refractivity contribution is 0.0253. The smallest absolute Gasteiger partial charge is 0.342 e. The molecule has 166 valence electrons. The highest BCUT2D eigenvalue weighted by atomic mass is 16.5. The minimum atomic E-state index is -0.502. The van der Waals surface area contributed by atoms with E-state index in [2.05, 4.69) is 6.92 Å². The molecule has 0 aromatic heterocycles. The van der Waals surface area contributed by atoms with Gasteiger partial charge in [-0.2, -0.15) is 0 Å². The second-order valence-corrected chi connectivity index (χ2v) is 7.97. The topological polar surface area (TPSA) is 63.6 Å². The SMILES string of the molecule is CCCCCC(CCc1cccc(C(=O)c2ccccc2)c1)OC(=O)c1ccccc1O. The molecule has 3 aromatic rings. The molecule has 0 bridgehead atoms. The minimum Gasteiger partial charge on any atom is -0.507 e. The molecule has 1 atom stereocenters. The average Bonchev–Trinajstić information content (AvgIpc) is 2.83. The van der Waals surface area contributed by atoms with Crippen LogP contribution >= 0.6 is 0 Å². The third-order valence-electron chi connectivity index (χ3n) is 5.51. The first-order valence-electron chi connectivity index (χ1n) is 11.3. The summed E-state index contributed by atoms with van der Waals surface area (Å²) < 4.78 is 5.77. The molecule has 0 saturated carbocycles. The third kappa shape index (κ3) is 6.55. The van der Waals surface area contributed by atoms with E-state index in [4.69, 9.17) is 4.74 Å². The summed E-state index contributed by atoms with van der Waals surface area (Å²) in [5.74, 6) is -0.576. The molecule has 1 unspecified atom stereocenters. The van der Waals surface area contributed by atoms with Gasteiger partial charge in [0.2, 0.25) is 0 Å². The molecule has 0 radical (unpaired) electrons. The van der Waals surface area contributed by atoms with Crippen molar-refractivity contribution in [1.82, 2.24) is 0 Å². The van der Waals surface area contributed by atoms with Crippen molar-refractivity contribution in [1.29, 1.82) is 0 Å². The lowest BCUT2D eigenvalue weighted by Crippen LogP contribution is -2.19. The normalized spacial score (nSPS) is 11.7. The predicted molar refractivity (Wildman–Crippen MR) is 126 cm³/mol. The van der Waals surface area contributed by atoms with Crippen LogP contribution in [0.1, 0.15) is 70.9 Å². The van der Waals surface area contributed by atoms with Crippen LogP contribution in [0.2, 0.25) is 0 Å². The first-order chi connectivity index (χ1) is 15.6. The number of phenolic OH excluding ortho intramolecular Hbond substituents is 1. The van der Waals surface area contributed by atoms with Crippen molar-refractivity contribution in [3.63, 3.8) is 0 Å². The highest BCUT2D eigenvalue weighted by molar-refractivity contribution is 6.09. The van der Waals surface area contributed by atoms with Gasteiger partial charge in [0.15, 0.2) is 5.78 Å². The van der Waals surface area contributed by atoms with E-state index in [1.165, 1.54) is 6.07 Å². The second kappa shape index (κ2) is 11.8. The van der Waals surface area contributed by atoms with E-state index < -0.39 is 5.97 Å². The number of phenols is 1. The molecule has 1 N–H and O–H groups in total. The maximum absolute atomic E-state index is 12.8. The van der Waals surface area contributed by atoms with Crippen molar-refractivity contribution < 1.29 is 19.4 Å². The van der Waals surface area contributed by atoms with Crippen LogP contribution in [0, 0.1) is 0 Å². The molecule has 3 rings (SSSR count). The lowest BCUT2D eigenvalue weighted by Gasteiger charge is -2.18. The van der Waals surface area contributed by atoms with Crippen LogP contribution in [0.3, 0.4) is 0 Å². The number of aryl methyl sites for hydroxylation is 1. The van der Waals surface area contributed by atoms with Crippen LogP contribution in [0.25, 0.3) is 0 Å². The fourth-order valence-electron chi connectivity index (χ4n) is 3.70. The molecular weight excluding hydrogens is 400 g/mol. The van der Waals surface area contributed by atoms with Gasteiger partial charge in [-0.3, -0.25) is 4.79 Å². The van der Waals surface area contributed by atoms with Crippen LogP contribution in [-0.2, 0) is 11.2 Å². The Morgan fingerprint density at radius 1 is 0.844 bits per heavy atom. The quantitative estimate of drug-likeness (QED) is 0.218. The molecule has 0 amide bonds. The molecule has 0 saturated heterocycles. The van der Waals surface area contributed by atoms with Crippen molar-refractivity contribution in [2.24, 2.45) is 0 Å². The predicted octanol–water partition coefficient (Wildman–Crippen LogP) is 6.36. The van der Waals surface area contributed by atoms with Gasteiger partial charge in [0, 0.05) is 11.1 Å². The zero-order valence-corrected chi connectivity index (χ0v) is 18.5. The van der Waals surface area contributed by atoms with Crippen molar-refractivity contribution >= 4 is 11.8 Å². The van der Waals surface area contributed by atoms with Gasteiger partial charge in [0.05, 0.1) is 0 Å². The first-order valence-corrected chi connectivity index (χ1v) is 11.3. The standard InChI is InChI=1S/C28H30O4/c1-2-3-5-15-24(32-28(31)25-16-8-9-17-26(25)29)19-18-21-11-10-14-23(20-21)27(30)22-12-6-4-7-13-22/h4,6-14,16-17,20,24,29H,2-3,5,15,18-19H2,1H3. The molecule has 0 spiro atoms. The summed E-state index contributed by atoms with van der Waals surface area (Å²) in [6.45, 7) is 2.14. The largest absolute Gasteiger partial charge is 0.507 e. The number of unbranched alkanes of at least 4 members (excludes halogenated alkanes) is 2. The summed E-state index contributed by atoms with van der Waals surface area (Å²) >= 11 is 0. The van der Waals surface area contributed by atoms with Crippen LogP contribution in [0.4, 0.5) is 0 Å². The van der Waals surface area contributed by atoms with E-state index in [0.717, 1.165) is 31.2 Å². The zero-order chi connectivity index (χ0) is 22.8. The zero-order valence-electron chi connectivity index (χ0n) is 18.5. The lowest BCUT2D eigenvalue weighted by atomic mass is 9.98. The number of rotatable bonds is 11. The van der Waals surface area contributed by atoms with Crippen LogP contribution in [-0.4, -0.2) is 23.0 Å². The summed E-state index contributed by atoms with van der Waals surface area (Å²) in [6.07, 6.45) is 5.02. The molecule has 4 nitrogen and oxygen atoms in total. The number of aromatic hydroxyl groups is 1. The van der Waals surface area contributed by atoms with Gasteiger partial charge in [-0.05, 0) is 49.4 Å². The first kappa shape index (κ1) is 23.3. The Bertz CT molecular complexity index is 1030. The number of benzene rings is 3. The molecule has 32 heavy (non-hydrogen) atoms. The van der Waals surface area contributed by atoms with Crippen LogP contribution in [0.5, 0.6) is 5.75 Å². The number of carbonyl (C=O) groups is 2. The van der Waals surface area contributed by atoms with Gasteiger partial charge < -0.3 is 9.84 Å². The Morgan fingerprint density at radius 3 is 2.31 bits per heavy atom. The maximum Gasteiger partial charge on any atom is 0.342 e. The molecule has 0 aliphatic carbocycles. The molecule has 4 heteroatoms. The highest BCUT2D eigenvalue weighted by Crippen LogP contribution is 2.21. The molecule has 0 aliphatic rings. The molecule has 3 aromatic carbocycles. The number of carbonyl (C=O) groups excluding carboxylic acids is 2. The molecular formula is C28H30O4. The summed E-state index contributed by atoms with van der Waals surface area (Å²) in [7, 11) is 0. The van der Waals surface area contributed by atoms with Gasteiger partial charge >= 0.3 is 5.97 Å². The van der Waals surface area contributed by atoms with E-state index in [9.17, 15) is 14.7 Å². The average molecular weight is 431 g/mol. The van der Waals surface area contributed by atoms with Crippen LogP contribution < -0.4 is 0 Å². The number of para-hydroxylation sites is 1. The fourth-order valence-corrected chi connectivity index (χ4v) is 3.70. The Labute approximate surface area is 189 Å². The summed E-state index contributed by atoms with van der Waals surface area (Å²) in [4.78, 5) is 25.3. The Hall–Kier alpha value is -3.40. The van der Waals surface area contributed by atoms with Gasteiger partial charge in [0.1, 0.15) is 17.4 Å². The van der Waals surface area contributed by atoms with Gasteiger partial charge in [-0.25, -0.2) is 4.79 Å². The van der Waals surface area contributed by atoms with Gasteiger partial charge in [-0.15, -0.1) is 0 Å². The van der Waals surface area contributed by atoms with Crippen molar-refractivity contribution in [3.8, 4) is 5.75 Å². The summed E-state index contributed by atoms with van der Waals surface area (Å²) in [6, 6.07) is 23.3. The molecule has 0 aliphatic heterocycles. The van der Waals surface area contributed by atoms with E-state index in [1.54, 1.807) is 18.2 Å². The van der Waals surface area contributed by atoms with Gasteiger partial charge in [0.25, 0.3) is 0 Å². The van der Waals surface area contributed by atoms with Crippen molar-refractivity contribution in [2.45, 2.75) is 51.6 Å². The second-order valence-electron chi connectivity index (χ2n) is 7.97. The van der Waals surface area contributed by atoms with Crippen molar-refractivity contribution in [3.05, 3.63) is 101 Å². The maximum atomic E-state index is 12.8. The fraction of sp³-hybridized carbons (Fsp3) is 0.286.